The van der Waals surface area contributed by atoms with Crippen molar-refractivity contribution in [2.24, 2.45) is 0 Å². The third kappa shape index (κ3) is 3.64. The summed E-state index contributed by atoms with van der Waals surface area (Å²) in [7, 11) is 0. The lowest BCUT2D eigenvalue weighted by atomic mass is 9.99. The number of hydrogen-bond acceptors (Lipinski definition) is 1. The van der Waals surface area contributed by atoms with Crippen LogP contribution < -0.4 is 5.32 Å². The van der Waals surface area contributed by atoms with Crippen molar-refractivity contribution >= 4 is 11.3 Å². The van der Waals surface area contributed by atoms with Crippen molar-refractivity contribution < 1.29 is 8.78 Å². The molecule has 3 heteroatoms. The van der Waals surface area contributed by atoms with E-state index in [0.717, 1.165) is 28.8 Å². The Labute approximate surface area is 133 Å². The van der Waals surface area contributed by atoms with Crippen LogP contribution in [0.1, 0.15) is 11.1 Å². The molecule has 0 fully saturated rings. The second-order valence-electron chi connectivity index (χ2n) is 5.06. The van der Waals surface area contributed by atoms with Gasteiger partial charge in [-0.1, -0.05) is 60.7 Å². The van der Waals surface area contributed by atoms with E-state index in [9.17, 15) is 8.78 Å². The predicted molar refractivity (Wildman–Crippen MR) is 89.9 cm³/mol. The molecule has 0 spiro atoms. The first-order valence-corrected chi connectivity index (χ1v) is 7.26. The van der Waals surface area contributed by atoms with Gasteiger partial charge in [0.1, 0.15) is 0 Å². The molecule has 114 valence electrons. The van der Waals surface area contributed by atoms with Crippen LogP contribution in [-0.4, -0.2) is 0 Å². The quantitative estimate of drug-likeness (QED) is 0.674. The summed E-state index contributed by atoms with van der Waals surface area (Å²) in [6.45, 7) is 0. The maximum absolute atomic E-state index is 13.3. The van der Waals surface area contributed by atoms with Crippen LogP contribution in [0.5, 0.6) is 0 Å². The largest absolute Gasteiger partial charge is 0.361 e. The minimum Gasteiger partial charge on any atom is -0.361 e. The van der Waals surface area contributed by atoms with Gasteiger partial charge in [-0.2, -0.15) is 0 Å². The van der Waals surface area contributed by atoms with Crippen molar-refractivity contribution in [3.05, 3.63) is 108 Å². The Hall–Kier alpha value is -2.94. The highest BCUT2D eigenvalue weighted by Crippen LogP contribution is 2.23. The van der Waals surface area contributed by atoms with Crippen molar-refractivity contribution in [3.63, 3.8) is 0 Å². The third-order valence-corrected chi connectivity index (χ3v) is 3.47. The van der Waals surface area contributed by atoms with Crippen LogP contribution in [0.25, 0.3) is 5.57 Å². The molecule has 0 aromatic heterocycles. The monoisotopic (exact) mass is 307 g/mol. The zero-order valence-electron chi connectivity index (χ0n) is 12.3. The van der Waals surface area contributed by atoms with Crippen LogP contribution in [0, 0.1) is 11.6 Å². The smallest absolute Gasteiger partial charge is 0.160 e. The highest BCUT2D eigenvalue weighted by atomic mass is 19.2. The number of rotatable bonds is 4. The van der Waals surface area contributed by atoms with Crippen LogP contribution in [0.3, 0.4) is 0 Å². The lowest BCUT2D eigenvalue weighted by molar-refractivity contribution is 0.509. The molecule has 3 rings (SSSR count). The summed E-state index contributed by atoms with van der Waals surface area (Å²) in [5, 5.41) is 3.04. The Morgan fingerprint density at radius 1 is 0.696 bits per heavy atom. The summed E-state index contributed by atoms with van der Waals surface area (Å²) in [6.07, 6.45) is 1.80. The Morgan fingerprint density at radius 2 is 1.26 bits per heavy atom. The summed E-state index contributed by atoms with van der Waals surface area (Å²) in [6, 6.07) is 23.5. The first-order chi connectivity index (χ1) is 11.2. The van der Waals surface area contributed by atoms with Crippen molar-refractivity contribution in [1.82, 2.24) is 0 Å². The molecule has 0 saturated carbocycles. The van der Waals surface area contributed by atoms with E-state index in [2.05, 4.69) is 5.32 Å². The molecule has 1 N–H and O–H groups in total. The van der Waals surface area contributed by atoms with Gasteiger partial charge in [0.15, 0.2) is 11.6 Å². The fraction of sp³-hybridized carbons (Fsp3) is 0. The first kappa shape index (κ1) is 15.0. The Morgan fingerprint density at radius 3 is 1.78 bits per heavy atom. The Kier molecular flexibility index (Phi) is 4.48. The molecule has 0 heterocycles. The van der Waals surface area contributed by atoms with Crippen LogP contribution >= 0.6 is 0 Å². The van der Waals surface area contributed by atoms with Gasteiger partial charge in [-0.05, 0) is 23.3 Å². The molecular weight excluding hydrogens is 292 g/mol. The molecule has 0 aliphatic carbocycles. The van der Waals surface area contributed by atoms with E-state index in [4.69, 9.17) is 0 Å². The Balaban J connectivity index is 1.96. The van der Waals surface area contributed by atoms with Crippen LogP contribution in [0.15, 0.2) is 85.1 Å². The number of anilines is 1. The van der Waals surface area contributed by atoms with Gasteiger partial charge in [0.2, 0.25) is 0 Å². The van der Waals surface area contributed by atoms with Gasteiger partial charge >= 0.3 is 0 Å². The molecule has 0 radical (unpaired) electrons. The zero-order valence-corrected chi connectivity index (χ0v) is 12.3. The van der Waals surface area contributed by atoms with Gasteiger partial charge in [-0.25, -0.2) is 8.78 Å². The van der Waals surface area contributed by atoms with E-state index < -0.39 is 11.6 Å². The van der Waals surface area contributed by atoms with E-state index in [1.165, 1.54) is 6.07 Å². The van der Waals surface area contributed by atoms with Gasteiger partial charge in [0.25, 0.3) is 0 Å². The van der Waals surface area contributed by atoms with Gasteiger partial charge in [0, 0.05) is 23.5 Å². The van der Waals surface area contributed by atoms with Gasteiger partial charge in [0.05, 0.1) is 0 Å². The molecule has 3 aromatic carbocycles. The normalized spacial score (nSPS) is 10.2. The minimum atomic E-state index is -0.871. The molecule has 0 unspecified atom stereocenters. The van der Waals surface area contributed by atoms with E-state index >= 15 is 0 Å². The lowest BCUT2D eigenvalue weighted by Gasteiger charge is -2.10. The number of halogens is 2. The maximum Gasteiger partial charge on any atom is 0.160 e. The highest BCUT2D eigenvalue weighted by molar-refractivity contribution is 5.81. The number of benzene rings is 3. The highest BCUT2D eigenvalue weighted by Gasteiger charge is 2.05. The van der Waals surface area contributed by atoms with Crippen LogP contribution in [0.2, 0.25) is 0 Å². The molecule has 1 nitrogen and oxygen atoms in total. The van der Waals surface area contributed by atoms with Crippen molar-refractivity contribution in [3.8, 4) is 0 Å². The standard InChI is InChI=1S/C20H15F2N/c21-19-12-11-17(13-20(19)22)23-14-18(15-7-3-1-4-8-15)16-9-5-2-6-10-16/h1-14,23H. The number of hydrogen-bond donors (Lipinski definition) is 1. The van der Waals surface area contributed by atoms with Crippen LogP contribution in [0.4, 0.5) is 14.5 Å². The van der Waals surface area contributed by atoms with E-state index in [1.807, 2.05) is 60.7 Å². The van der Waals surface area contributed by atoms with Crippen molar-refractivity contribution in [2.75, 3.05) is 5.32 Å². The fourth-order valence-corrected chi connectivity index (χ4v) is 2.31. The summed E-state index contributed by atoms with van der Waals surface area (Å²) >= 11 is 0. The molecule has 0 aliphatic rings. The molecular formula is C20H15F2N. The van der Waals surface area contributed by atoms with Crippen molar-refractivity contribution in [2.45, 2.75) is 0 Å². The summed E-state index contributed by atoms with van der Waals surface area (Å²) in [4.78, 5) is 0. The van der Waals surface area contributed by atoms with Gasteiger partial charge in [-0.3, -0.25) is 0 Å². The second kappa shape index (κ2) is 6.88. The fourth-order valence-electron chi connectivity index (χ4n) is 2.31. The van der Waals surface area contributed by atoms with Crippen LogP contribution in [-0.2, 0) is 0 Å². The van der Waals surface area contributed by atoms with Gasteiger partial charge < -0.3 is 5.32 Å². The number of nitrogens with one attached hydrogen (secondary N) is 1. The second-order valence-corrected chi connectivity index (χ2v) is 5.06. The zero-order chi connectivity index (χ0) is 16.1. The molecule has 0 atom stereocenters. The average Bonchev–Trinajstić information content (AvgIpc) is 2.60. The SMILES string of the molecule is Fc1ccc(NC=C(c2ccccc2)c2ccccc2)cc1F. The molecule has 23 heavy (non-hydrogen) atoms. The lowest BCUT2D eigenvalue weighted by Crippen LogP contribution is -1.95. The van der Waals surface area contributed by atoms with E-state index in [0.29, 0.717) is 5.69 Å². The topological polar surface area (TPSA) is 12.0 Å². The van der Waals surface area contributed by atoms with E-state index in [-0.39, 0.29) is 0 Å². The van der Waals surface area contributed by atoms with E-state index in [1.54, 1.807) is 6.20 Å². The maximum atomic E-state index is 13.3. The predicted octanol–water partition coefficient (Wildman–Crippen LogP) is 5.47. The summed E-state index contributed by atoms with van der Waals surface area (Å²) < 4.78 is 26.3. The Bertz CT molecular complexity index is 770. The van der Waals surface area contributed by atoms with Gasteiger partial charge in [-0.15, -0.1) is 0 Å². The summed E-state index contributed by atoms with van der Waals surface area (Å²) in [5.74, 6) is -1.73. The molecule has 0 bridgehead atoms. The first-order valence-electron chi connectivity index (χ1n) is 7.26. The minimum absolute atomic E-state index is 0.494. The third-order valence-electron chi connectivity index (χ3n) is 3.47. The van der Waals surface area contributed by atoms with Crippen molar-refractivity contribution in [1.29, 1.82) is 0 Å². The molecule has 3 aromatic rings. The average molecular weight is 307 g/mol. The summed E-state index contributed by atoms with van der Waals surface area (Å²) in [5.41, 5.74) is 3.53. The molecule has 0 saturated heterocycles. The molecule has 0 amide bonds. The molecule has 0 aliphatic heterocycles.